The van der Waals surface area contributed by atoms with Gasteiger partial charge in [-0.3, -0.25) is 10.1 Å². The van der Waals surface area contributed by atoms with Gasteiger partial charge in [-0.2, -0.15) is 0 Å². The first kappa shape index (κ1) is 15.7. The van der Waals surface area contributed by atoms with Crippen molar-refractivity contribution >= 4 is 15.7 Å². The number of hydrogen-bond donors (Lipinski definition) is 2. The maximum Gasteiger partial charge on any atom is 0.269 e. The molecule has 0 radical (unpaired) electrons. The second-order valence-corrected chi connectivity index (χ2v) is 6.47. The van der Waals surface area contributed by atoms with Gasteiger partial charge in [-0.15, -0.1) is 0 Å². The van der Waals surface area contributed by atoms with Gasteiger partial charge >= 0.3 is 0 Å². The van der Waals surface area contributed by atoms with Gasteiger partial charge in [-0.1, -0.05) is 0 Å². The summed E-state index contributed by atoms with van der Waals surface area (Å²) >= 11 is 0. The molecule has 0 aliphatic carbocycles. The zero-order valence-electron chi connectivity index (χ0n) is 10.8. The Morgan fingerprint density at radius 3 is 2.48 bits per heavy atom. The van der Waals surface area contributed by atoms with Crippen LogP contribution in [0.5, 0.6) is 0 Å². The topological polar surface area (TPSA) is 101 Å². The van der Waals surface area contributed by atoms with E-state index < -0.39 is 39.9 Å². The number of nitrogens with zero attached hydrogens (tertiary/aromatic N) is 1. The molecule has 116 valence electrons. The van der Waals surface area contributed by atoms with E-state index in [1.807, 2.05) is 0 Å². The third-order valence-corrected chi connectivity index (χ3v) is 4.54. The molecule has 1 atom stereocenters. The molecule has 10 heteroatoms. The molecule has 1 unspecified atom stereocenters. The highest BCUT2D eigenvalue weighted by molar-refractivity contribution is 7.89. The average molecular weight is 321 g/mol. The van der Waals surface area contributed by atoms with Gasteiger partial charge in [0.2, 0.25) is 10.0 Å². The number of rotatable bonds is 4. The first-order valence-corrected chi connectivity index (χ1v) is 7.53. The maximum absolute atomic E-state index is 13.2. The van der Waals surface area contributed by atoms with Gasteiger partial charge in [0.1, 0.15) is 0 Å². The zero-order valence-corrected chi connectivity index (χ0v) is 11.6. The third-order valence-electron chi connectivity index (χ3n) is 3.00. The Balaban J connectivity index is 2.13. The van der Waals surface area contributed by atoms with Gasteiger partial charge < -0.3 is 5.32 Å². The molecule has 2 N–H and O–H groups in total. The molecule has 21 heavy (non-hydrogen) atoms. The Hall–Kier alpha value is -1.65. The van der Waals surface area contributed by atoms with Crippen LogP contribution in [0, 0.1) is 10.1 Å². The van der Waals surface area contributed by atoms with Crippen molar-refractivity contribution in [3.63, 3.8) is 0 Å². The summed E-state index contributed by atoms with van der Waals surface area (Å²) in [5.74, 6) is -2.97. The summed E-state index contributed by atoms with van der Waals surface area (Å²) in [6, 6.07) is 3.28. The molecule has 1 heterocycles. The summed E-state index contributed by atoms with van der Waals surface area (Å²) in [5, 5.41) is 13.0. The van der Waals surface area contributed by atoms with Crippen molar-refractivity contribution < 1.29 is 22.1 Å². The van der Waals surface area contributed by atoms with Crippen LogP contribution >= 0.6 is 0 Å². The number of nitro groups is 1. The Labute approximate surface area is 119 Å². The van der Waals surface area contributed by atoms with Crippen molar-refractivity contribution in [1.29, 1.82) is 0 Å². The normalized spacial score (nSPS) is 21.9. The molecule has 1 aliphatic heterocycles. The highest BCUT2D eigenvalue weighted by atomic mass is 32.2. The van der Waals surface area contributed by atoms with Crippen LogP contribution in [0.15, 0.2) is 29.2 Å². The van der Waals surface area contributed by atoms with Gasteiger partial charge in [-0.25, -0.2) is 21.9 Å². The number of nitrogens with one attached hydrogen (secondary N) is 2. The summed E-state index contributed by atoms with van der Waals surface area (Å²) in [6.07, 6.45) is -0.591. The number of benzene rings is 1. The molecule has 0 spiro atoms. The van der Waals surface area contributed by atoms with Crippen molar-refractivity contribution in [2.75, 3.05) is 13.1 Å². The lowest BCUT2D eigenvalue weighted by atomic mass is 10.1. The predicted molar refractivity (Wildman–Crippen MR) is 69.6 cm³/mol. The quantitative estimate of drug-likeness (QED) is 0.633. The lowest BCUT2D eigenvalue weighted by Gasteiger charge is -2.30. The van der Waals surface area contributed by atoms with E-state index in [0.717, 1.165) is 24.3 Å². The van der Waals surface area contributed by atoms with Crippen LogP contribution in [0.4, 0.5) is 14.5 Å². The molecule has 1 fully saturated rings. The van der Waals surface area contributed by atoms with E-state index in [1.165, 1.54) is 0 Å². The van der Waals surface area contributed by atoms with E-state index in [9.17, 15) is 27.3 Å². The van der Waals surface area contributed by atoms with E-state index in [0.29, 0.717) is 0 Å². The van der Waals surface area contributed by atoms with Gasteiger partial charge in [-0.05, 0) is 12.1 Å². The van der Waals surface area contributed by atoms with Crippen molar-refractivity contribution in [1.82, 2.24) is 10.0 Å². The minimum absolute atomic E-state index is 0.0990. The average Bonchev–Trinajstić information content (AvgIpc) is 2.37. The minimum Gasteiger partial charge on any atom is -0.310 e. The zero-order chi connectivity index (χ0) is 15.7. The fourth-order valence-electron chi connectivity index (χ4n) is 2.05. The number of halogens is 2. The van der Waals surface area contributed by atoms with E-state index in [1.54, 1.807) is 0 Å². The highest BCUT2D eigenvalue weighted by Crippen LogP contribution is 2.23. The fraction of sp³-hybridized carbons (Fsp3) is 0.455. The molecule has 1 saturated heterocycles. The van der Waals surface area contributed by atoms with Crippen LogP contribution in [-0.4, -0.2) is 38.4 Å². The highest BCUT2D eigenvalue weighted by Gasteiger charge is 2.37. The molecular formula is C11H13F2N3O4S. The minimum atomic E-state index is -4.00. The van der Waals surface area contributed by atoms with Crippen molar-refractivity contribution in [2.24, 2.45) is 0 Å². The molecule has 1 aliphatic rings. The van der Waals surface area contributed by atoms with Crippen molar-refractivity contribution in [3.05, 3.63) is 34.4 Å². The molecule has 0 aromatic heterocycles. The SMILES string of the molecule is O=[N+]([O-])c1ccc(S(=O)(=O)NC2CNCC(F)(F)C2)cc1. The van der Waals surface area contributed by atoms with Crippen LogP contribution < -0.4 is 10.0 Å². The maximum atomic E-state index is 13.2. The van der Waals surface area contributed by atoms with E-state index in [2.05, 4.69) is 10.0 Å². The molecule has 0 amide bonds. The largest absolute Gasteiger partial charge is 0.310 e. The van der Waals surface area contributed by atoms with Crippen molar-refractivity contribution in [3.8, 4) is 0 Å². The van der Waals surface area contributed by atoms with Crippen LogP contribution in [0.3, 0.4) is 0 Å². The van der Waals surface area contributed by atoms with Gasteiger partial charge in [0.25, 0.3) is 11.6 Å². The predicted octanol–water partition coefficient (Wildman–Crippen LogP) is 0.870. The lowest BCUT2D eigenvalue weighted by molar-refractivity contribution is -0.384. The Morgan fingerprint density at radius 1 is 1.33 bits per heavy atom. The number of nitro benzene ring substituents is 1. The monoisotopic (exact) mass is 321 g/mol. The summed E-state index contributed by atoms with van der Waals surface area (Å²) in [5.41, 5.74) is -0.250. The standard InChI is InChI=1S/C11H13F2N3O4S/c12-11(13)5-8(6-14-7-11)15-21(19,20)10-3-1-9(2-4-10)16(17)18/h1-4,8,14-15H,5-7H2. The van der Waals surface area contributed by atoms with Crippen LogP contribution in [-0.2, 0) is 10.0 Å². The second kappa shape index (κ2) is 5.62. The van der Waals surface area contributed by atoms with Gasteiger partial charge in [0.15, 0.2) is 0 Å². The summed E-state index contributed by atoms with van der Waals surface area (Å²) < 4.78 is 52.7. The summed E-state index contributed by atoms with van der Waals surface area (Å²) in [6.45, 7) is -0.384. The van der Waals surface area contributed by atoms with Crippen molar-refractivity contribution in [2.45, 2.75) is 23.3 Å². The second-order valence-electron chi connectivity index (χ2n) is 4.76. The van der Waals surface area contributed by atoms with Crippen LogP contribution in [0.2, 0.25) is 0 Å². The smallest absolute Gasteiger partial charge is 0.269 e. The molecule has 1 aromatic rings. The van der Waals surface area contributed by atoms with Gasteiger partial charge in [0.05, 0.1) is 16.4 Å². The molecule has 0 bridgehead atoms. The van der Waals surface area contributed by atoms with E-state index >= 15 is 0 Å². The third kappa shape index (κ3) is 3.93. The fourth-order valence-corrected chi connectivity index (χ4v) is 3.29. The number of alkyl halides is 2. The first-order chi connectivity index (χ1) is 9.70. The first-order valence-electron chi connectivity index (χ1n) is 6.05. The van der Waals surface area contributed by atoms with E-state index in [4.69, 9.17) is 0 Å². The lowest BCUT2D eigenvalue weighted by Crippen LogP contribution is -2.53. The van der Waals surface area contributed by atoms with Crippen LogP contribution in [0.1, 0.15) is 6.42 Å². The molecule has 0 saturated carbocycles. The number of hydrogen-bond acceptors (Lipinski definition) is 5. The molecular weight excluding hydrogens is 308 g/mol. The number of sulfonamides is 1. The number of non-ortho nitro benzene ring substituents is 1. The Bertz CT molecular complexity index is 633. The van der Waals surface area contributed by atoms with Crippen LogP contribution in [0.25, 0.3) is 0 Å². The number of piperidine rings is 1. The molecule has 7 nitrogen and oxygen atoms in total. The Morgan fingerprint density at radius 2 is 1.95 bits per heavy atom. The summed E-state index contributed by atoms with van der Waals surface area (Å²) in [4.78, 5) is 9.64. The summed E-state index contributed by atoms with van der Waals surface area (Å²) in [7, 11) is -4.00. The molecule has 1 aromatic carbocycles. The van der Waals surface area contributed by atoms with Gasteiger partial charge in [0, 0.05) is 31.1 Å². The Kier molecular flexibility index (Phi) is 4.21. The van der Waals surface area contributed by atoms with E-state index in [-0.39, 0.29) is 17.1 Å². The molecule has 2 rings (SSSR count).